The van der Waals surface area contributed by atoms with Crippen molar-refractivity contribution in [3.05, 3.63) is 30.4 Å². The van der Waals surface area contributed by atoms with Gasteiger partial charge in [0.15, 0.2) is 11.6 Å². The van der Waals surface area contributed by atoms with E-state index in [2.05, 4.69) is 31.9 Å². The van der Waals surface area contributed by atoms with Gasteiger partial charge in [0.1, 0.15) is 8.95 Å². The number of rotatable bonds is 2. The van der Waals surface area contributed by atoms with Crippen LogP contribution in [0.1, 0.15) is 5.56 Å². The molecule has 0 aliphatic carbocycles. The van der Waals surface area contributed by atoms with Crippen LogP contribution in [0.4, 0.5) is 10.1 Å². The van der Waals surface area contributed by atoms with E-state index >= 15 is 0 Å². The van der Waals surface area contributed by atoms with Crippen molar-refractivity contribution in [2.75, 3.05) is 7.11 Å². The van der Waals surface area contributed by atoms with Crippen LogP contribution in [0.25, 0.3) is 0 Å². The summed E-state index contributed by atoms with van der Waals surface area (Å²) in [5.74, 6) is -0.788. The van der Waals surface area contributed by atoms with Crippen LogP contribution in [-0.2, 0) is 9.59 Å². The molecule has 0 saturated carbocycles. The first-order chi connectivity index (χ1) is 8.33. The lowest BCUT2D eigenvalue weighted by molar-refractivity contribution is -0.386. The Hall–Kier alpha value is -1.31. The molecule has 0 unspecified atom stereocenters. The molecule has 0 aliphatic rings. The van der Waals surface area contributed by atoms with E-state index in [9.17, 15) is 14.5 Å². The standard InChI is InChI=1S/C8H6Br2FNO3.CO2/c1-3-4(9)7(12(13)14)5(10)8(15-2)6(3)11;2-1-3/h1-2H3;. The third-order valence-electron chi connectivity index (χ3n) is 1.86. The number of halogens is 3. The summed E-state index contributed by atoms with van der Waals surface area (Å²) in [6, 6.07) is 0. The van der Waals surface area contributed by atoms with Gasteiger partial charge in [0.2, 0.25) is 0 Å². The molecule has 0 aliphatic heterocycles. The highest BCUT2D eigenvalue weighted by Crippen LogP contribution is 2.43. The number of nitrogens with zero attached hydrogens (tertiary/aromatic N) is 1. The van der Waals surface area contributed by atoms with Crippen LogP contribution >= 0.6 is 31.9 Å². The van der Waals surface area contributed by atoms with Crippen LogP contribution in [0.15, 0.2) is 8.95 Å². The number of methoxy groups -OCH3 is 1. The number of ether oxygens (including phenoxy) is 1. The van der Waals surface area contributed by atoms with E-state index in [4.69, 9.17) is 14.3 Å². The zero-order valence-corrected chi connectivity index (χ0v) is 12.3. The van der Waals surface area contributed by atoms with Crippen molar-refractivity contribution in [2.24, 2.45) is 0 Å². The quantitative estimate of drug-likeness (QED) is 0.576. The van der Waals surface area contributed by atoms with Gasteiger partial charge in [0.05, 0.1) is 12.0 Å². The summed E-state index contributed by atoms with van der Waals surface area (Å²) in [7, 11) is 1.25. The van der Waals surface area contributed by atoms with Crippen molar-refractivity contribution in [1.29, 1.82) is 0 Å². The van der Waals surface area contributed by atoms with Gasteiger partial charge in [0.25, 0.3) is 0 Å². The van der Waals surface area contributed by atoms with Gasteiger partial charge in [-0.1, -0.05) is 0 Å². The van der Waals surface area contributed by atoms with Crippen molar-refractivity contribution in [1.82, 2.24) is 0 Å². The molecule has 0 radical (unpaired) electrons. The predicted molar refractivity (Wildman–Crippen MR) is 64.8 cm³/mol. The predicted octanol–water partition coefficient (Wildman–Crippen LogP) is 2.99. The first-order valence-corrected chi connectivity index (χ1v) is 5.76. The molecule has 1 rings (SSSR count). The fourth-order valence-corrected chi connectivity index (χ4v) is 2.55. The fraction of sp³-hybridized carbons (Fsp3) is 0.222. The summed E-state index contributed by atoms with van der Waals surface area (Å²) in [5, 5.41) is 10.7. The van der Waals surface area contributed by atoms with E-state index in [0.29, 0.717) is 0 Å². The first kappa shape index (κ1) is 16.7. The molecule has 9 heteroatoms. The molecule has 0 saturated heterocycles. The van der Waals surface area contributed by atoms with Gasteiger partial charge in [-0.25, -0.2) is 4.39 Å². The second-order valence-electron chi connectivity index (χ2n) is 2.79. The third-order valence-corrected chi connectivity index (χ3v) is 3.57. The topological polar surface area (TPSA) is 86.5 Å². The molecule has 0 heterocycles. The van der Waals surface area contributed by atoms with Crippen molar-refractivity contribution < 1.29 is 23.6 Å². The summed E-state index contributed by atoms with van der Waals surface area (Å²) in [6.45, 7) is 1.43. The number of carbonyl (C=O) groups excluding carboxylic acids is 2. The molecule has 0 atom stereocenters. The lowest BCUT2D eigenvalue weighted by atomic mass is 10.2. The number of hydrogen-bond acceptors (Lipinski definition) is 5. The van der Waals surface area contributed by atoms with Crippen LogP contribution in [0.3, 0.4) is 0 Å². The maximum Gasteiger partial charge on any atom is 0.373 e. The summed E-state index contributed by atoms with van der Waals surface area (Å²) in [6.07, 6.45) is 0.250. The van der Waals surface area contributed by atoms with Gasteiger partial charge >= 0.3 is 11.8 Å². The monoisotopic (exact) mass is 385 g/mol. The molecule has 18 heavy (non-hydrogen) atoms. The Morgan fingerprint density at radius 3 is 2.11 bits per heavy atom. The molecule has 0 aromatic heterocycles. The Morgan fingerprint density at radius 2 is 1.78 bits per heavy atom. The highest BCUT2D eigenvalue weighted by Gasteiger charge is 2.27. The Labute approximate surface area is 118 Å². The molecule has 0 amide bonds. The van der Waals surface area contributed by atoms with Gasteiger partial charge in [0, 0.05) is 5.56 Å². The minimum atomic E-state index is -0.623. The Balaban J connectivity index is 0.000000873. The summed E-state index contributed by atoms with van der Waals surface area (Å²) in [5.41, 5.74) is -0.104. The normalized spacial score (nSPS) is 8.94. The third kappa shape index (κ3) is 3.34. The summed E-state index contributed by atoms with van der Waals surface area (Å²) in [4.78, 5) is 26.4. The molecule has 0 N–H and O–H groups in total. The molecule has 1 aromatic carbocycles. The fourth-order valence-electron chi connectivity index (χ4n) is 1.08. The molecule has 0 bridgehead atoms. The van der Waals surface area contributed by atoms with Crippen LogP contribution < -0.4 is 4.74 Å². The SMILES string of the molecule is COc1c(F)c(C)c(Br)c([N+](=O)[O-])c1Br.O=C=O. The summed E-state index contributed by atoms with van der Waals surface area (Å²) >= 11 is 5.92. The average Bonchev–Trinajstić information content (AvgIpc) is 2.27. The molecule has 0 fully saturated rings. The molecule has 0 spiro atoms. The van der Waals surface area contributed by atoms with Gasteiger partial charge in [-0.05, 0) is 38.8 Å². The maximum atomic E-state index is 13.6. The van der Waals surface area contributed by atoms with Gasteiger partial charge in [-0.2, -0.15) is 9.59 Å². The largest absolute Gasteiger partial charge is 0.492 e. The molecular weight excluding hydrogens is 381 g/mol. The Morgan fingerprint density at radius 1 is 1.33 bits per heavy atom. The van der Waals surface area contributed by atoms with Crippen molar-refractivity contribution >= 4 is 43.7 Å². The zero-order chi connectivity index (χ0) is 14.5. The van der Waals surface area contributed by atoms with Gasteiger partial charge in [-0.3, -0.25) is 10.1 Å². The second-order valence-corrected chi connectivity index (χ2v) is 4.38. The lowest BCUT2D eigenvalue weighted by Crippen LogP contribution is -2.00. The first-order valence-electron chi connectivity index (χ1n) is 4.18. The van der Waals surface area contributed by atoms with E-state index in [-0.39, 0.29) is 32.1 Å². The smallest absolute Gasteiger partial charge is 0.373 e. The van der Waals surface area contributed by atoms with E-state index in [1.807, 2.05) is 0 Å². The lowest BCUT2D eigenvalue weighted by Gasteiger charge is -2.09. The Kier molecular flexibility index (Phi) is 6.67. The molecule has 98 valence electrons. The Bertz CT molecular complexity index is 514. The van der Waals surface area contributed by atoms with E-state index in [0.717, 1.165) is 0 Å². The second kappa shape index (κ2) is 7.20. The number of nitro benzene ring substituents is 1. The number of nitro groups is 1. The molecule has 6 nitrogen and oxygen atoms in total. The average molecular weight is 387 g/mol. The van der Waals surface area contributed by atoms with Crippen LogP contribution in [-0.4, -0.2) is 18.2 Å². The van der Waals surface area contributed by atoms with E-state index in [1.54, 1.807) is 0 Å². The minimum Gasteiger partial charge on any atom is -0.492 e. The van der Waals surface area contributed by atoms with Crippen molar-refractivity contribution in [3.63, 3.8) is 0 Å². The van der Waals surface area contributed by atoms with E-state index in [1.165, 1.54) is 14.0 Å². The maximum absolute atomic E-state index is 13.6. The summed E-state index contributed by atoms with van der Waals surface area (Å²) < 4.78 is 18.4. The van der Waals surface area contributed by atoms with Crippen molar-refractivity contribution in [3.8, 4) is 5.75 Å². The number of benzene rings is 1. The van der Waals surface area contributed by atoms with Gasteiger partial charge in [-0.15, -0.1) is 0 Å². The highest BCUT2D eigenvalue weighted by atomic mass is 79.9. The van der Waals surface area contributed by atoms with Crippen LogP contribution in [0.2, 0.25) is 0 Å². The minimum absolute atomic E-state index is 0.00928. The molecule has 1 aromatic rings. The highest BCUT2D eigenvalue weighted by molar-refractivity contribution is 9.11. The van der Waals surface area contributed by atoms with E-state index < -0.39 is 10.7 Å². The number of hydrogen-bond donors (Lipinski definition) is 0. The van der Waals surface area contributed by atoms with Crippen LogP contribution in [0, 0.1) is 22.9 Å². The van der Waals surface area contributed by atoms with Crippen LogP contribution in [0.5, 0.6) is 5.75 Å². The zero-order valence-electron chi connectivity index (χ0n) is 9.12. The van der Waals surface area contributed by atoms with Crippen molar-refractivity contribution in [2.45, 2.75) is 6.92 Å². The van der Waals surface area contributed by atoms with Gasteiger partial charge < -0.3 is 4.74 Å². The molecular formula is C9H6Br2FNO5.